The normalized spacial score (nSPS) is 9.94. The molecule has 2 rings (SSSR count). The zero-order valence-corrected chi connectivity index (χ0v) is 9.55. The van der Waals surface area contributed by atoms with Gasteiger partial charge in [0, 0.05) is 6.54 Å². The molecular formula is C11H9ClN4O. The van der Waals surface area contributed by atoms with Crippen molar-refractivity contribution in [2.24, 2.45) is 5.18 Å². The van der Waals surface area contributed by atoms with Gasteiger partial charge in [-0.1, -0.05) is 41.9 Å². The third-order valence-corrected chi connectivity index (χ3v) is 2.45. The minimum Gasteiger partial charge on any atom is -0.364 e. The van der Waals surface area contributed by atoms with Crippen LogP contribution in [0.1, 0.15) is 5.56 Å². The molecule has 1 N–H and O–H groups in total. The summed E-state index contributed by atoms with van der Waals surface area (Å²) in [4.78, 5) is 18.2. The lowest BCUT2D eigenvalue weighted by Gasteiger charge is -2.06. The first-order valence-electron chi connectivity index (χ1n) is 4.93. The number of nitroso groups, excluding NO2 is 1. The number of rotatable bonds is 4. The highest BCUT2D eigenvalue weighted by Gasteiger charge is 2.09. The Labute approximate surface area is 103 Å². The van der Waals surface area contributed by atoms with Gasteiger partial charge in [-0.2, -0.15) is 0 Å². The predicted octanol–water partition coefficient (Wildman–Crippen LogP) is 3.14. The molecule has 0 saturated carbocycles. The second-order valence-corrected chi connectivity index (χ2v) is 3.65. The van der Waals surface area contributed by atoms with Gasteiger partial charge in [0.05, 0.1) is 0 Å². The highest BCUT2D eigenvalue weighted by atomic mass is 35.5. The third-order valence-electron chi connectivity index (χ3n) is 2.17. The van der Waals surface area contributed by atoms with E-state index in [-0.39, 0.29) is 10.8 Å². The van der Waals surface area contributed by atoms with E-state index < -0.39 is 0 Å². The SMILES string of the molecule is O=Nc1c(Cl)ncnc1NCc1ccccc1. The fraction of sp³-hybridized carbons (Fsp3) is 0.0909. The Kier molecular flexibility index (Phi) is 3.62. The number of aromatic nitrogens is 2. The summed E-state index contributed by atoms with van der Waals surface area (Å²) < 4.78 is 0. The number of benzene rings is 1. The van der Waals surface area contributed by atoms with Gasteiger partial charge in [0.2, 0.25) is 0 Å². The van der Waals surface area contributed by atoms with Crippen molar-refractivity contribution < 1.29 is 0 Å². The van der Waals surface area contributed by atoms with Crippen LogP contribution in [0.2, 0.25) is 5.15 Å². The molecule has 17 heavy (non-hydrogen) atoms. The Morgan fingerprint density at radius 3 is 2.71 bits per heavy atom. The van der Waals surface area contributed by atoms with Crippen molar-refractivity contribution in [3.8, 4) is 0 Å². The Hall–Kier alpha value is -2.01. The molecule has 5 nitrogen and oxygen atoms in total. The molecule has 0 saturated heterocycles. The van der Waals surface area contributed by atoms with E-state index in [1.807, 2.05) is 30.3 Å². The quantitative estimate of drug-likeness (QED) is 0.667. The van der Waals surface area contributed by atoms with E-state index in [1.54, 1.807) is 0 Å². The Morgan fingerprint density at radius 2 is 2.00 bits per heavy atom. The van der Waals surface area contributed by atoms with Gasteiger partial charge < -0.3 is 5.32 Å². The van der Waals surface area contributed by atoms with Crippen LogP contribution in [0, 0.1) is 4.91 Å². The van der Waals surface area contributed by atoms with Crippen molar-refractivity contribution >= 4 is 23.1 Å². The van der Waals surface area contributed by atoms with Crippen LogP contribution in [0.5, 0.6) is 0 Å². The summed E-state index contributed by atoms with van der Waals surface area (Å²) >= 11 is 5.73. The van der Waals surface area contributed by atoms with Gasteiger partial charge in [0.1, 0.15) is 6.33 Å². The first-order chi connectivity index (χ1) is 8.31. The van der Waals surface area contributed by atoms with Crippen molar-refractivity contribution in [3.63, 3.8) is 0 Å². The molecule has 1 aromatic carbocycles. The molecule has 0 spiro atoms. The minimum atomic E-state index is 0.0325. The zero-order chi connectivity index (χ0) is 12.1. The third kappa shape index (κ3) is 2.76. The van der Waals surface area contributed by atoms with Crippen molar-refractivity contribution in [3.05, 3.63) is 52.3 Å². The van der Waals surface area contributed by atoms with Gasteiger partial charge >= 0.3 is 0 Å². The minimum absolute atomic E-state index is 0.0325. The molecule has 0 radical (unpaired) electrons. The largest absolute Gasteiger partial charge is 0.364 e. The van der Waals surface area contributed by atoms with Gasteiger partial charge in [-0.15, -0.1) is 4.91 Å². The van der Waals surface area contributed by atoms with E-state index in [0.717, 1.165) is 5.56 Å². The van der Waals surface area contributed by atoms with Gasteiger partial charge in [0.25, 0.3) is 0 Å². The number of nitrogens with one attached hydrogen (secondary N) is 1. The first-order valence-corrected chi connectivity index (χ1v) is 5.30. The molecule has 0 amide bonds. The van der Waals surface area contributed by atoms with Gasteiger partial charge in [-0.25, -0.2) is 9.97 Å². The average molecular weight is 249 g/mol. The molecule has 0 bridgehead atoms. The van der Waals surface area contributed by atoms with Crippen LogP contribution < -0.4 is 5.32 Å². The van der Waals surface area contributed by atoms with Crippen molar-refractivity contribution in [2.75, 3.05) is 5.32 Å². The summed E-state index contributed by atoms with van der Waals surface area (Å²) in [6, 6.07) is 9.72. The molecule has 6 heteroatoms. The molecule has 0 atom stereocenters. The standard InChI is InChI=1S/C11H9ClN4O/c12-10-9(16-17)11(15-7-14-10)13-6-8-4-2-1-3-5-8/h1-5,7H,6H2,(H,13,14,15). The van der Waals surface area contributed by atoms with Crippen LogP contribution >= 0.6 is 11.6 Å². The van der Waals surface area contributed by atoms with Crippen LogP contribution in [0.4, 0.5) is 11.5 Å². The summed E-state index contributed by atoms with van der Waals surface area (Å²) in [5.41, 5.74) is 1.10. The highest BCUT2D eigenvalue weighted by Crippen LogP contribution is 2.28. The fourth-order valence-corrected chi connectivity index (χ4v) is 1.52. The second kappa shape index (κ2) is 5.36. The Balaban J connectivity index is 2.14. The maximum atomic E-state index is 10.6. The molecule has 86 valence electrons. The summed E-state index contributed by atoms with van der Waals surface area (Å²) in [5, 5.41) is 5.85. The van der Waals surface area contributed by atoms with Crippen LogP contribution in [-0.2, 0) is 6.54 Å². The molecule has 2 aromatic rings. The monoisotopic (exact) mass is 248 g/mol. The van der Waals surface area contributed by atoms with Crippen molar-refractivity contribution in [2.45, 2.75) is 6.54 Å². The number of nitrogens with zero attached hydrogens (tertiary/aromatic N) is 3. The van der Waals surface area contributed by atoms with Crippen molar-refractivity contribution in [1.82, 2.24) is 9.97 Å². The summed E-state index contributed by atoms with van der Waals surface area (Å²) in [5.74, 6) is 0.337. The smallest absolute Gasteiger partial charge is 0.187 e. The van der Waals surface area contributed by atoms with Gasteiger partial charge in [-0.05, 0) is 10.7 Å². The van der Waals surface area contributed by atoms with E-state index in [0.29, 0.717) is 12.4 Å². The number of anilines is 1. The second-order valence-electron chi connectivity index (χ2n) is 3.29. The lowest BCUT2D eigenvalue weighted by Crippen LogP contribution is -2.02. The predicted molar refractivity (Wildman–Crippen MR) is 66.3 cm³/mol. The lowest BCUT2D eigenvalue weighted by molar-refractivity contribution is 1.08. The summed E-state index contributed by atoms with van der Waals surface area (Å²) in [6.45, 7) is 0.538. The number of halogens is 1. The molecular weight excluding hydrogens is 240 g/mol. The first kappa shape index (κ1) is 11.5. The van der Waals surface area contributed by atoms with E-state index in [2.05, 4.69) is 20.5 Å². The molecule has 0 aliphatic rings. The van der Waals surface area contributed by atoms with E-state index >= 15 is 0 Å². The lowest BCUT2D eigenvalue weighted by atomic mass is 10.2. The molecule has 0 fully saturated rings. The molecule has 0 unspecified atom stereocenters. The maximum Gasteiger partial charge on any atom is 0.187 e. The van der Waals surface area contributed by atoms with E-state index in [9.17, 15) is 4.91 Å². The maximum absolute atomic E-state index is 10.6. The fourth-order valence-electron chi connectivity index (χ4n) is 1.35. The highest BCUT2D eigenvalue weighted by molar-refractivity contribution is 6.32. The van der Waals surface area contributed by atoms with E-state index in [4.69, 9.17) is 11.6 Å². The van der Waals surface area contributed by atoms with E-state index in [1.165, 1.54) is 6.33 Å². The summed E-state index contributed by atoms with van der Waals surface area (Å²) in [6.07, 6.45) is 1.28. The van der Waals surface area contributed by atoms with Crippen LogP contribution in [0.3, 0.4) is 0 Å². The van der Waals surface area contributed by atoms with Crippen LogP contribution in [0.25, 0.3) is 0 Å². The van der Waals surface area contributed by atoms with Crippen LogP contribution in [-0.4, -0.2) is 9.97 Å². The summed E-state index contributed by atoms with van der Waals surface area (Å²) in [7, 11) is 0. The Morgan fingerprint density at radius 1 is 1.24 bits per heavy atom. The zero-order valence-electron chi connectivity index (χ0n) is 8.80. The molecule has 0 aliphatic carbocycles. The number of hydrogen-bond donors (Lipinski definition) is 1. The topological polar surface area (TPSA) is 67.2 Å². The Bertz CT molecular complexity index is 518. The molecule has 1 heterocycles. The molecule has 1 aromatic heterocycles. The molecule has 0 aliphatic heterocycles. The van der Waals surface area contributed by atoms with Crippen molar-refractivity contribution in [1.29, 1.82) is 0 Å². The van der Waals surface area contributed by atoms with Crippen LogP contribution in [0.15, 0.2) is 41.8 Å². The average Bonchev–Trinajstić information content (AvgIpc) is 2.37. The van der Waals surface area contributed by atoms with Gasteiger partial charge in [-0.3, -0.25) is 0 Å². The number of hydrogen-bond acceptors (Lipinski definition) is 5. The van der Waals surface area contributed by atoms with Gasteiger partial charge in [0.15, 0.2) is 16.7 Å².